The van der Waals surface area contributed by atoms with E-state index in [9.17, 15) is 9.59 Å². The quantitative estimate of drug-likeness (QED) is 0.644. The third-order valence-electron chi connectivity index (χ3n) is 6.08. The Morgan fingerprint density at radius 3 is 2.60 bits per heavy atom. The van der Waals surface area contributed by atoms with Crippen LogP contribution in [0.3, 0.4) is 0 Å². The summed E-state index contributed by atoms with van der Waals surface area (Å²) in [6.45, 7) is 5.41. The van der Waals surface area contributed by atoms with Crippen LogP contribution in [0.15, 0.2) is 6.07 Å². The number of piperidine rings is 1. The molecule has 1 aromatic heterocycles. The summed E-state index contributed by atoms with van der Waals surface area (Å²) in [5.74, 6) is 2.47. The zero-order chi connectivity index (χ0) is 21.7. The van der Waals surface area contributed by atoms with E-state index in [2.05, 4.69) is 0 Å². The fraction of sp³-hybridized carbons (Fsp3) is 0.727. The second-order valence-corrected chi connectivity index (χ2v) is 8.54. The molecule has 0 saturated carbocycles. The van der Waals surface area contributed by atoms with Crippen molar-refractivity contribution in [2.75, 3.05) is 58.9 Å². The van der Waals surface area contributed by atoms with Crippen molar-refractivity contribution in [3.8, 4) is 0 Å². The Labute approximate surface area is 179 Å². The average Bonchev–Trinajstić information content (AvgIpc) is 3.12. The van der Waals surface area contributed by atoms with Gasteiger partial charge in [-0.05, 0) is 19.3 Å². The third kappa shape index (κ3) is 5.28. The maximum absolute atomic E-state index is 12.4. The first-order valence-electron chi connectivity index (χ1n) is 11.0. The monoisotopic (exact) mass is 417 g/mol. The van der Waals surface area contributed by atoms with E-state index >= 15 is 0 Å². The van der Waals surface area contributed by atoms with Crippen LogP contribution in [0.1, 0.15) is 62.4 Å². The minimum absolute atomic E-state index is 0.0843. The fourth-order valence-electron chi connectivity index (χ4n) is 4.24. The number of carbonyl (C=O) groups is 2. The van der Waals surface area contributed by atoms with Gasteiger partial charge in [0.2, 0.25) is 11.8 Å². The van der Waals surface area contributed by atoms with Crippen LogP contribution in [-0.4, -0.2) is 85.6 Å². The van der Waals surface area contributed by atoms with E-state index in [0.717, 1.165) is 49.7 Å². The third-order valence-corrected chi connectivity index (χ3v) is 6.08. The van der Waals surface area contributed by atoms with Crippen LogP contribution >= 0.6 is 0 Å². The highest BCUT2D eigenvalue weighted by atomic mass is 16.5. The molecule has 0 bridgehead atoms. The van der Waals surface area contributed by atoms with Crippen LogP contribution < -0.4 is 4.90 Å². The molecule has 0 spiro atoms. The number of methoxy groups -OCH3 is 1. The molecule has 0 radical (unpaired) electrons. The molecule has 0 aromatic carbocycles. The molecule has 0 N–H and O–H groups in total. The molecule has 0 aliphatic carbocycles. The smallest absolute Gasteiger partial charge is 0.223 e. The molecule has 3 rings (SSSR count). The molecule has 1 atom stereocenters. The van der Waals surface area contributed by atoms with Gasteiger partial charge in [-0.1, -0.05) is 6.92 Å². The van der Waals surface area contributed by atoms with Crippen molar-refractivity contribution in [3.63, 3.8) is 0 Å². The Bertz CT molecular complexity index is 746. The maximum Gasteiger partial charge on any atom is 0.223 e. The molecule has 1 aromatic rings. The van der Waals surface area contributed by atoms with E-state index in [1.165, 1.54) is 0 Å². The molecule has 2 aliphatic rings. The Morgan fingerprint density at radius 1 is 1.23 bits per heavy atom. The maximum atomic E-state index is 12.4. The molecular formula is C22H35N5O3. The lowest BCUT2D eigenvalue weighted by atomic mass is 9.95. The van der Waals surface area contributed by atoms with Crippen LogP contribution in [0.25, 0.3) is 0 Å². The molecule has 8 heteroatoms. The van der Waals surface area contributed by atoms with Gasteiger partial charge in [-0.2, -0.15) is 0 Å². The van der Waals surface area contributed by atoms with Crippen molar-refractivity contribution >= 4 is 17.6 Å². The van der Waals surface area contributed by atoms with E-state index in [1.54, 1.807) is 7.11 Å². The van der Waals surface area contributed by atoms with Crippen molar-refractivity contribution in [2.45, 2.75) is 50.9 Å². The van der Waals surface area contributed by atoms with Crippen molar-refractivity contribution < 1.29 is 14.3 Å². The minimum Gasteiger partial charge on any atom is -0.383 e. The van der Waals surface area contributed by atoms with E-state index in [0.29, 0.717) is 32.5 Å². The van der Waals surface area contributed by atoms with Crippen molar-refractivity contribution in [1.82, 2.24) is 19.8 Å². The number of hydrogen-bond donors (Lipinski definition) is 0. The van der Waals surface area contributed by atoms with Gasteiger partial charge < -0.3 is 19.4 Å². The Morgan fingerprint density at radius 2 is 1.97 bits per heavy atom. The highest BCUT2D eigenvalue weighted by molar-refractivity contribution is 5.79. The summed E-state index contributed by atoms with van der Waals surface area (Å²) in [6, 6.07) is 2.02. The second kappa shape index (κ2) is 10.2. The molecule has 2 amide bonds. The van der Waals surface area contributed by atoms with E-state index < -0.39 is 0 Å². The highest BCUT2D eigenvalue weighted by Crippen LogP contribution is 2.32. The van der Waals surface area contributed by atoms with Gasteiger partial charge in [-0.3, -0.25) is 9.59 Å². The van der Waals surface area contributed by atoms with Gasteiger partial charge in [0, 0.05) is 78.1 Å². The Hall–Kier alpha value is -2.22. The largest absolute Gasteiger partial charge is 0.383 e. The average molecular weight is 418 g/mol. The van der Waals surface area contributed by atoms with Gasteiger partial charge in [0.25, 0.3) is 0 Å². The first-order chi connectivity index (χ1) is 14.4. The van der Waals surface area contributed by atoms with Crippen molar-refractivity contribution in [3.05, 3.63) is 17.6 Å². The molecule has 166 valence electrons. The predicted molar refractivity (Wildman–Crippen MR) is 116 cm³/mol. The Kier molecular flexibility index (Phi) is 7.64. The van der Waals surface area contributed by atoms with Crippen molar-refractivity contribution in [2.24, 2.45) is 0 Å². The molecule has 2 fully saturated rings. The van der Waals surface area contributed by atoms with Gasteiger partial charge in [0.1, 0.15) is 11.6 Å². The van der Waals surface area contributed by atoms with Crippen LogP contribution in [0, 0.1) is 0 Å². The number of ether oxygens (including phenoxy) is 1. The summed E-state index contributed by atoms with van der Waals surface area (Å²) in [4.78, 5) is 40.2. The molecule has 2 saturated heterocycles. The molecule has 3 heterocycles. The zero-order valence-electron chi connectivity index (χ0n) is 18.8. The summed E-state index contributed by atoms with van der Waals surface area (Å²) in [5.41, 5.74) is 0.946. The zero-order valence-corrected chi connectivity index (χ0v) is 18.8. The summed E-state index contributed by atoms with van der Waals surface area (Å²) >= 11 is 0. The molecule has 8 nitrogen and oxygen atoms in total. The lowest BCUT2D eigenvalue weighted by Gasteiger charge is -2.32. The summed E-state index contributed by atoms with van der Waals surface area (Å²) in [7, 11) is 5.61. The number of aromatic nitrogens is 2. The molecule has 2 aliphatic heterocycles. The number of nitrogens with zero attached hydrogens (tertiary/aromatic N) is 5. The van der Waals surface area contributed by atoms with Gasteiger partial charge in [-0.15, -0.1) is 0 Å². The van der Waals surface area contributed by atoms with E-state index in [4.69, 9.17) is 14.7 Å². The predicted octanol–water partition coefficient (Wildman–Crippen LogP) is 2.01. The number of anilines is 1. The number of rotatable bonds is 8. The molecule has 30 heavy (non-hydrogen) atoms. The van der Waals surface area contributed by atoms with Gasteiger partial charge in [0.05, 0.1) is 12.3 Å². The van der Waals surface area contributed by atoms with Gasteiger partial charge in [0.15, 0.2) is 0 Å². The van der Waals surface area contributed by atoms with Gasteiger partial charge >= 0.3 is 0 Å². The lowest BCUT2D eigenvalue weighted by Crippen LogP contribution is -2.38. The normalized spacial score (nSPS) is 20.1. The lowest BCUT2D eigenvalue weighted by molar-refractivity contribution is -0.132. The van der Waals surface area contributed by atoms with E-state index in [1.807, 2.05) is 41.8 Å². The number of likely N-dealkylation sites (tertiary alicyclic amines) is 2. The minimum atomic E-state index is 0.0843. The summed E-state index contributed by atoms with van der Waals surface area (Å²) in [6.07, 6.45) is 3.76. The summed E-state index contributed by atoms with van der Waals surface area (Å²) < 4.78 is 5.13. The fourth-order valence-corrected chi connectivity index (χ4v) is 4.24. The number of amides is 2. The topological polar surface area (TPSA) is 78.9 Å². The van der Waals surface area contributed by atoms with Crippen LogP contribution in [0.2, 0.25) is 0 Å². The standard InChI is InChI=1S/C22H35N5O3/c1-5-6-20(28)26-9-7-16(8-10-26)22-23-18(14-19(24-22)25(2)3)17-13-21(29)27(15-17)11-12-30-4/h14,16-17H,5-13,15H2,1-4H3/t17-/m0/s1. The van der Waals surface area contributed by atoms with Gasteiger partial charge in [-0.25, -0.2) is 9.97 Å². The second-order valence-electron chi connectivity index (χ2n) is 8.54. The molecule has 0 unspecified atom stereocenters. The number of carbonyl (C=O) groups excluding carboxylic acids is 2. The van der Waals surface area contributed by atoms with Crippen LogP contribution in [-0.2, 0) is 14.3 Å². The molecular weight excluding hydrogens is 382 g/mol. The number of hydrogen-bond acceptors (Lipinski definition) is 6. The van der Waals surface area contributed by atoms with E-state index in [-0.39, 0.29) is 23.7 Å². The summed E-state index contributed by atoms with van der Waals surface area (Å²) in [5, 5.41) is 0. The highest BCUT2D eigenvalue weighted by Gasteiger charge is 2.33. The first-order valence-corrected chi connectivity index (χ1v) is 11.0. The van der Waals surface area contributed by atoms with Crippen molar-refractivity contribution in [1.29, 1.82) is 0 Å². The van der Waals surface area contributed by atoms with Crippen LogP contribution in [0.5, 0.6) is 0 Å². The first kappa shape index (κ1) is 22.5. The SMILES string of the molecule is CCCC(=O)N1CCC(c2nc([C@H]3CC(=O)N(CCOC)C3)cc(N(C)C)n2)CC1. The van der Waals surface area contributed by atoms with Crippen LogP contribution in [0.4, 0.5) is 5.82 Å². The Balaban J connectivity index is 1.74.